The number of anilines is 1. The predicted molar refractivity (Wildman–Crippen MR) is 123 cm³/mol. The molecule has 2 atom stereocenters. The quantitative estimate of drug-likeness (QED) is 0.165. The van der Waals surface area contributed by atoms with Gasteiger partial charge in [0.25, 0.3) is 11.8 Å². The van der Waals surface area contributed by atoms with Crippen molar-refractivity contribution in [3.63, 3.8) is 0 Å². The van der Waals surface area contributed by atoms with E-state index >= 15 is 0 Å². The van der Waals surface area contributed by atoms with Crippen LogP contribution in [-0.4, -0.2) is 62.8 Å². The first kappa shape index (κ1) is 23.3. The summed E-state index contributed by atoms with van der Waals surface area (Å²) in [6, 6.07) is 8.45. The van der Waals surface area contributed by atoms with E-state index in [0.29, 0.717) is 11.3 Å². The third-order valence-electron chi connectivity index (χ3n) is 5.70. The van der Waals surface area contributed by atoms with Gasteiger partial charge in [-0.25, -0.2) is 4.57 Å². The van der Waals surface area contributed by atoms with E-state index in [9.17, 15) is 19.5 Å². The molecule has 2 aromatic heterocycles. The number of carbonyl (C=O) groups excluding carboxylic acids is 3. The molecule has 3 N–H and O–H groups in total. The Bertz CT molecular complexity index is 1450. The SMILES string of the molecule is CON=C(C(=O)NC1C(=O)N2C(C(=O)[O-])=C(C[n+]3ccc4ccccc4c3)CS[C@@H]12)c1noc(N)n1. The van der Waals surface area contributed by atoms with Crippen LogP contribution in [0, 0.1) is 0 Å². The number of aromatic nitrogens is 3. The van der Waals surface area contributed by atoms with Gasteiger partial charge < -0.3 is 30.3 Å². The number of aliphatic carboxylic acids is 1. The second-order valence-corrected chi connectivity index (χ2v) is 9.03. The molecule has 5 rings (SSSR count). The number of nitrogen functional groups attached to an aromatic ring is 1. The third kappa shape index (κ3) is 4.11. The number of fused-ring (bicyclic) bond motifs is 2. The maximum atomic E-state index is 13.0. The number of carbonyl (C=O) groups is 3. The number of amides is 2. The van der Waals surface area contributed by atoms with Gasteiger partial charge in [0.15, 0.2) is 18.9 Å². The van der Waals surface area contributed by atoms with Crippen molar-refractivity contribution in [2.75, 3.05) is 18.6 Å². The number of β-lactam (4-membered cyclic amide) rings is 1. The lowest BCUT2D eigenvalue weighted by Gasteiger charge is -2.50. The Kier molecular flexibility index (Phi) is 6.01. The van der Waals surface area contributed by atoms with E-state index in [1.165, 1.54) is 18.9 Å². The fraction of sp³-hybridized carbons (Fsp3) is 0.227. The minimum atomic E-state index is -1.46. The van der Waals surface area contributed by atoms with Crippen LogP contribution in [0.1, 0.15) is 5.82 Å². The van der Waals surface area contributed by atoms with Crippen LogP contribution in [0.2, 0.25) is 0 Å². The molecule has 13 nitrogen and oxygen atoms in total. The number of oxime groups is 1. The van der Waals surface area contributed by atoms with Crippen molar-refractivity contribution in [3.05, 3.63) is 59.8 Å². The summed E-state index contributed by atoms with van der Waals surface area (Å²) in [4.78, 5) is 47.4. The van der Waals surface area contributed by atoms with Crippen molar-refractivity contribution < 1.29 is 33.4 Å². The molecule has 2 aliphatic rings. The van der Waals surface area contributed by atoms with Gasteiger partial charge in [0, 0.05) is 22.8 Å². The Hall–Kier alpha value is -4.46. The smallest absolute Gasteiger partial charge is 0.319 e. The fourth-order valence-electron chi connectivity index (χ4n) is 4.11. The van der Waals surface area contributed by atoms with Gasteiger partial charge in [0.05, 0.1) is 11.7 Å². The van der Waals surface area contributed by atoms with E-state index in [2.05, 4.69) is 30.0 Å². The van der Waals surface area contributed by atoms with Gasteiger partial charge in [-0.15, -0.1) is 11.8 Å². The number of hydrogen-bond acceptors (Lipinski definition) is 11. The highest BCUT2D eigenvalue weighted by molar-refractivity contribution is 8.00. The van der Waals surface area contributed by atoms with Crippen LogP contribution < -0.4 is 20.7 Å². The first-order chi connectivity index (χ1) is 17.4. The zero-order valence-electron chi connectivity index (χ0n) is 18.8. The zero-order valence-corrected chi connectivity index (χ0v) is 19.6. The molecular weight excluding hydrogens is 490 g/mol. The average Bonchev–Trinajstić information content (AvgIpc) is 3.30. The summed E-state index contributed by atoms with van der Waals surface area (Å²) >= 11 is 1.33. The molecule has 184 valence electrons. The number of nitrogens with two attached hydrogens (primary N) is 1. The second-order valence-electron chi connectivity index (χ2n) is 7.93. The highest BCUT2D eigenvalue weighted by Crippen LogP contribution is 2.40. The number of nitrogens with zero attached hydrogens (tertiary/aromatic N) is 5. The van der Waals surface area contributed by atoms with Crippen LogP contribution in [0.5, 0.6) is 0 Å². The van der Waals surface area contributed by atoms with Crippen molar-refractivity contribution in [1.29, 1.82) is 0 Å². The molecule has 14 heteroatoms. The first-order valence-electron chi connectivity index (χ1n) is 10.6. The first-order valence-corrected chi connectivity index (χ1v) is 11.7. The van der Waals surface area contributed by atoms with Crippen molar-refractivity contribution in [1.82, 2.24) is 20.4 Å². The Labute approximate surface area is 207 Å². The number of carboxylic acid groups (broad SMARTS) is 1. The third-order valence-corrected chi connectivity index (χ3v) is 7.04. The minimum Gasteiger partial charge on any atom is -0.543 e. The lowest BCUT2D eigenvalue weighted by Crippen LogP contribution is -2.71. The van der Waals surface area contributed by atoms with E-state index in [0.717, 1.165) is 15.7 Å². The molecule has 0 spiro atoms. The number of hydrogen-bond donors (Lipinski definition) is 2. The van der Waals surface area contributed by atoms with Gasteiger partial charge in [-0.05, 0) is 11.5 Å². The molecule has 36 heavy (non-hydrogen) atoms. The van der Waals surface area contributed by atoms with Crippen LogP contribution in [-0.2, 0) is 25.8 Å². The maximum Gasteiger partial charge on any atom is 0.319 e. The van der Waals surface area contributed by atoms with Crippen molar-refractivity contribution >= 4 is 52.0 Å². The van der Waals surface area contributed by atoms with Crippen LogP contribution >= 0.6 is 11.8 Å². The molecule has 1 unspecified atom stereocenters. The van der Waals surface area contributed by atoms with Gasteiger partial charge >= 0.3 is 6.01 Å². The fourth-order valence-corrected chi connectivity index (χ4v) is 5.44. The van der Waals surface area contributed by atoms with Crippen LogP contribution in [0.3, 0.4) is 0 Å². The summed E-state index contributed by atoms with van der Waals surface area (Å²) in [5.41, 5.74) is 5.39. The van der Waals surface area contributed by atoms with E-state index in [1.54, 1.807) is 0 Å². The molecule has 0 radical (unpaired) electrons. The molecule has 1 fully saturated rings. The van der Waals surface area contributed by atoms with Crippen molar-refractivity contribution in [2.45, 2.75) is 18.0 Å². The van der Waals surface area contributed by atoms with Gasteiger partial charge in [0.1, 0.15) is 18.5 Å². The monoisotopic (exact) mass is 509 g/mol. The minimum absolute atomic E-state index is 0.188. The molecule has 1 saturated heterocycles. The summed E-state index contributed by atoms with van der Waals surface area (Å²) in [6.07, 6.45) is 3.76. The van der Waals surface area contributed by atoms with Crippen LogP contribution in [0.15, 0.2) is 63.7 Å². The summed E-state index contributed by atoms with van der Waals surface area (Å²) in [5.74, 6) is -2.77. The molecule has 2 aliphatic heterocycles. The summed E-state index contributed by atoms with van der Waals surface area (Å²) in [7, 11) is 1.22. The molecule has 2 amide bonds. The molecule has 4 heterocycles. The topological polar surface area (TPSA) is 180 Å². The second kappa shape index (κ2) is 9.30. The average molecular weight is 510 g/mol. The lowest BCUT2D eigenvalue weighted by molar-refractivity contribution is -0.687. The molecule has 0 saturated carbocycles. The normalized spacial score (nSPS) is 19.6. The standard InChI is InChI=1S/C22H19N7O6S/c1-34-26-14(17-25-22(23)35-27-17)18(30)24-15-19(31)29-16(21(32)33)13(10-36-20(15)29)9-28-7-6-11-4-2-3-5-12(11)8-28/h2-8,15,20H,9-10H2,1H3,(H3-,23,24,25,27,30,32,33)/t15?,20-/m0/s1. The van der Waals surface area contributed by atoms with Gasteiger partial charge in [-0.2, -0.15) is 4.98 Å². The Morgan fingerprint density at radius 2 is 2.14 bits per heavy atom. The number of benzene rings is 1. The Morgan fingerprint density at radius 1 is 1.36 bits per heavy atom. The molecule has 0 aliphatic carbocycles. The number of carboxylic acids is 1. The van der Waals surface area contributed by atoms with Gasteiger partial charge in [-0.1, -0.05) is 28.5 Å². The van der Waals surface area contributed by atoms with Crippen LogP contribution in [0.4, 0.5) is 6.01 Å². The zero-order chi connectivity index (χ0) is 25.4. The molecule has 1 aromatic carbocycles. The highest BCUT2D eigenvalue weighted by atomic mass is 32.2. The van der Waals surface area contributed by atoms with E-state index in [1.807, 2.05) is 47.3 Å². The number of pyridine rings is 1. The van der Waals surface area contributed by atoms with Gasteiger partial charge in [0.2, 0.25) is 11.5 Å². The highest BCUT2D eigenvalue weighted by Gasteiger charge is 2.53. The molecule has 0 bridgehead atoms. The summed E-state index contributed by atoms with van der Waals surface area (Å²) in [6.45, 7) is 0.262. The van der Waals surface area contributed by atoms with E-state index in [-0.39, 0.29) is 29.8 Å². The predicted octanol–water partition coefficient (Wildman–Crippen LogP) is -1.45. The van der Waals surface area contributed by atoms with E-state index in [4.69, 9.17) is 5.73 Å². The number of thioether (sulfide) groups is 1. The largest absolute Gasteiger partial charge is 0.543 e. The number of nitrogens with one attached hydrogen (secondary N) is 1. The summed E-state index contributed by atoms with van der Waals surface area (Å²) < 4.78 is 6.52. The van der Waals surface area contributed by atoms with Crippen molar-refractivity contribution in [2.24, 2.45) is 5.16 Å². The van der Waals surface area contributed by atoms with Crippen molar-refractivity contribution in [3.8, 4) is 0 Å². The molecular formula is C22H19N7O6S. The lowest BCUT2D eigenvalue weighted by atomic mass is 10.0. The summed E-state index contributed by atoms with van der Waals surface area (Å²) in [5, 5.41) is 23.1. The van der Waals surface area contributed by atoms with Crippen LogP contribution in [0.25, 0.3) is 10.8 Å². The Morgan fingerprint density at radius 3 is 2.83 bits per heavy atom. The number of rotatable bonds is 7. The van der Waals surface area contributed by atoms with Gasteiger partial charge in [-0.3, -0.25) is 14.5 Å². The molecule has 3 aromatic rings. The van der Waals surface area contributed by atoms with E-state index < -0.39 is 29.2 Å². The Balaban J connectivity index is 1.36. The maximum absolute atomic E-state index is 13.0.